The molecule has 1 unspecified atom stereocenters. The molecule has 2 aromatic rings. The molecule has 1 aliphatic carbocycles. The lowest BCUT2D eigenvalue weighted by Gasteiger charge is -2.28. The number of hydrogen-bond donors (Lipinski definition) is 3. The maximum absolute atomic E-state index is 13.1. The quantitative estimate of drug-likeness (QED) is 0.567. The van der Waals surface area contributed by atoms with E-state index in [1.165, 1.54) is 0 Å². The Balaban J connectivity index is 1.77. The molecule has 1 aliphatic rings. The minimum absolute atomic E-state index is 0.0591. The van der Waals surface area contributed by atoms with Crippen LogP contribution in [0.4, 0.5) is 5.69 Å². The smallest absolute Gasteiger partial charge is 0.268 e. The van der Waals surface area contributed by atoms with Crippen molar-refractivity contribution in [2.75, 3.05) is 12.4 Å². The summed E-state index contributed by atoms with van der Waals surface area (Å²) in [6.07, 6.45) is 3.40. The summed E-state index contributed by atoms with van der Waals surface area (Å²) in [6, 6.07) is 6.36. The van der Waals surface area contributed by atoms with Crippen molar-refractivity contribution in [3.63, 3.8) is 0 Å². The first-order valence-corrected chi connectivity index (χ1v) is 11.2. The number of methoxy groups -OCH3 is 1. The van der Waals surface area contributed by atoms with Crippen LogP contribution >= 0.6 is 0 Å². The fourth-order valence-corrected chi connectivity index (χ4v) is 4.27. The van der Waals surface area contributed by atoms with Gasteiger partial charge >= 0.3 is 0 Å². The zero-order valence-corrected chi connectivity index (χ0v) is 19.6. The van der Waals surface area contributed by atoms with E-state index in [4.69, 9.17) is 4.74 Å². The van der Waals surface area contributed by atoms with Crippen molar-refractivity contribution in [1.29, 1.82) is 0 Å². The van der Waals surface area contributed by atoms with Gasteiger partial charge in [-0.25, -0.2) is 0 Å². The summed E-state index contributed by atoms with van der Waals surface area (Å²) in [5, 5.41) is 5.74. The van der Waals surface area contributed by atoms with Crippen molar-refractivity contribution < 1.29 is 19.1 Å². The van der Waals surface area contributed by atoms with Crippen LogP contribution in [0.25, 0.3) is 0 Å². The van der Waals surface area contributed by atoms with Gasteiger partial charge in [-0.15, -0.1) is 0 Å². The molecule has 3 N–H and O–H groups in total. The highest BCUT2D eigenvalue weighted by atomic mass is 16.5. The molecular weight excluding hydrogens is 406 g/mol. The van der Waals surface area contributed by atoms with Gasteiger partial charge in [0.05, 0.1) is 7.11 Å². The van der Waals surface area contributed by atoms with E-state index in [1.807, 2.05) is 20.8 Å². The van der Waals surface area contributed by atoms with Gasteiger partial charge in [-0.2, -0.15) is 0 Å². The summed E-state index contributed by atoms with van der Waals surface area (Å²) >= 11 is 0. The average molecular weight is 440 g/mol. The van der Waals surface area contributed by atoms with Crippen LogP contribution in [0.15, 0.2) is 24.3 Å². The molecule has 1 heterocycles. The molecule has 0 saturated heterocycles. The maximum Gasteiger partial charge on any atom is 0.268 e. The lowest BCUT2D eigenvalue weighted by molar-refractivity contribution is -0.118. The highest BCUT2D eigenvalue weighted by Gasteiger charge is 2.35. The number of carbonyl (C=O) groups is 3. The maximum atomic E-state index is 13.1. The third kappa shape index (κ3) is 5.21. The second kappa shape index (κ2) is 9.59. The van der Waals surface area contributed by atoms with Crippen molar-refractivity contribution in [2.24, 2.45) is 5.41 Å². The van der Waals surface area contributed by atoms with Gasteiger partial charge in [0, 0.05) is 23.4 Å². The van der Waals surface area contributed by atoms with Crippen molar-refractivity contribution in [3.05, 3.63) is 46.8 Å². The lowest BCUT2D eigenvalue weighted by Crippen LogP contribution is -2.44. The van der Waals surface area contributed by atoms with Crippen molar-refractivity contribution in [3.8, 4) is 5.75 Å². The van der Waals surface area contributed by atoms with Gasteiger partial charge in [0.1, 0.15) is 17.5 Å². The number of ether oxygens (including phenoxy) is 1. The largest absolute Gasteiger partial charge is 0.497 e. The number of hydrogen-bond acceptors (Lipinski definition) is 4. The molecule has 0 fully saturated rings. The molecule has 1 aromatic heterocycles. The summed E-state index contributed by atoms with van der Waals surface area (Å²) in [7, 11) is 1.58. The Bertz CT molecular complexity index is 1000. The highest BCUT2D eigenvalue weighted by molar-refractivity contribution is 6.06. The van der Waals surface area contributed by atoms with Crippen LogP contribution in [0.5, 0.6) is 5.75 Å². The Morgan fingerprint density at radius 3 is 2.50 bits per heavy atom. The van der Waals surface area contributed by atoms with Crippen molar-refractivity contribution >= 4 is 23.3 Å². The fraction of sp³-hybridized carbons (Fsp3) is 0.480. The molecule has 172 valence electrons. The van der Waals surface area contributed by atoms with Gasteiger partial charge in [0.15, 0.2) is 5.78 Å². The minimum atomic E-state index is -0.684. The van der Waals surface area contributed by atoms with Gasteiger partial charge in [-0.1, -0.05) is 33.6 Å². The lowest BCUT2D eigenvalue weighted by atomic mass is 9.75. The third-order valence-corrected chi connectivity index (χ3v) is 5.95. The van der Waals surface area contributed by atoms with Crippen LogP contribution in [0, 0.1) is 12.3 Å². The molecule has 0 saturated carbocycles. The van der Waals surface area contributed by atoms with E-state index >= 15 is 0 Å². The van der Waals surface area contributed by atoms with Crippen LogP contribution in [-0.4, -0.2) is 35.7 Å². The molecule has 1 aromatic carbocycles. The second-order valence-electron chi connectivity index (χ2n) is 9.31. The summed E-state index contributed by atoms with van der Waals surface area (Å²) in [6.45, 7) is 7.93. The normalized spacial score (nSPS) is 15.6. The number of ketones is 1. The zero-order valence-electron chi connectivity index (χ0n) is 19.6. The first-order valence-electron chi connectivity index (χ1n) is 11.2. The number of aromatic amines is 1. The first kappa shape index (κ1) is 23.6. The molecule has 0 spiro atoms. The predicted molar refractivity (Wildman–Crippen MR) is 124 cm³/mol. The predicted octanol–water partition coefficient (Wildman–Crippen LogP) is 4.41. The molecule has 0 bridgehead atoms. The molecule has 7 nitrogen and oxygen atoms in total. The molecule has 0 aliphatic heterocycles. The van der Waals surface area contributed by atoms with E-state index in [0.717, 1.165) is 18.5 Å². The molecule has 2 amide bonds. The monoisotopic (exact) mass is 439 g/mol. The number of nitrogens with one attached hydrogen (secondary N) is 3. The number of rotatable bonds is 8. The molecule has 3 rings (SSSR count). The van der Waals surface area contributed by atoms with Gasteiger partial charge in [0.2, 0.25) is 5.91 Å². The number of H-pyrrole nitrogens is 1. The van der Waals surface area contributed by atoms with Crippen molar-refractivity contribution in [2.45, 2.75) is 65.8 Å². The summed E-state index contributed by atoms with van der Waals surface area (Å²) < 4.78 is 5.15. The molecule has 1 atom stereocenters. The molecule has 7 heteroatoms. The summed E-state index contributed by atoms with van der Waals surface area (Å²) in [5.74, 6) is 0.114. The topological polar surface area (TPSA) is 100 Å². The standard InChI is InChI=1S/C25H33N3O4/c1-6-7-8-18(23(30)26-16-9-11-17(32-5)12-10-16)28-24(31)22-15(2)21-19(27-22)13-25(3,4)14-20(21)29/h9-12,18,27H,6-8,13-14H2,1-5H3,(H,26,30)(H,28,31). The van der Waals surface area contributed by atoms with E-state index in [9.17, 15) is 14.4 Å². The number of fused-ring (bicyclic) bond motifs is 1. The summed E-state index contributed by atoms with van der Waals surface area (Å²) in [5.41, 5.74) is 2.94. The van der Waals surface area contributed by atoms with E-state index in [2.05, 4.69) is 15.6 Å². The van der Waals surface area contributed by atoms with Crippen LogP contribution in [-0.2, 0) is 11.2 Å². The summed E-state index contributed by atoms with van der Waals surface area (Å²) in [4.78, 5) is 41.9. The Morgan fingerprint density at radius 1 is 1.19 bits per heavy atom. The van der Waals surface area contributed by atoms with Gasteiger partial charge in [0.25, 0.3) is 5.91 Å². The second-order valence-corrected chi connectivity index (χ2v) is 9.31. The molecule has 0 radical (unpaired) electrons. The van der Waals surface area contributed by atoms with E-state index in [0.29, 0.717) is 47.5 Å². The Morgan fingerprint density at radius 2 is 1.88 bits per heavy atom. The Labute approximate surface area is 189 Å². The number of benzene rings is 1. The van der Waals surface area contributed by atoms with Gasteiger partial charge in [-0.3, -0.25) is 14.4 Å². The number of carbonyl (C=O) groups excluding carboxylic acids is 3. The number of unbranched alkanes of at least 4 members (excludes halogenated alkanes) is 1. The third-order valence-electron chi connectivity index (χ3n) is 5.95. The Kier molecular flexibility index (Phi) is 7.06. The van der Waals surface area contributed by atoms with Crippen LogP contribution in [0.3, 0.4) is 0 Å². The number of aromatic nitrogens is 1. The molecular formula is C25H33N3O4. The number of amides is 2. The van der Waals surface area contributed by atoms with Crippen LogP contribution in [0.1, 0.15) is 78.6 Å². The highest BCUT2D eigenvalue weighted by Crippen LogP contribution is 2.36. The van der Waals surface area contributed by atoms with Gasteiger partial charge < -0.3 is 20.4 Å². The van der Waals surface area contributed by atoms with E-state index in [-0.39, 0.29) is 23.0 Å². The van der Waals surface area contributed by atoms with Crippen molar-refractivity contribution in [1.82, 2.24) is 10.3 Å². The fourth-order valence-electron chi connectivity index (χ4n) is 4.27. The van der Waals surface area contributed by atoms with Gasteiger partial charge in [-0.05, 0) is 55.0 Å². The van der Waals surface area contributed by atoms with Crippen LogP contribution in [0.2, 0.25) is 0 Å². The van der Waals surface area contributed by atoms with Crippen LogP contribution < -0.4 is 15.4 Å². The zero-order chi connectivity index (χ0) is 23.5. The first-order chi connectivity index (χ1) is 15.1. The van der Waals surface area contributed by atoms with E-state index in [1.54, 1.807) is 38.3 Å². The molecule has 32 heavy (non-hydrogen) atoms. The minimum Gasteiger partial charge on any atom is -0.497 e. The Hall–Kier alpha value is -3.09. The van der Waals surface area contributed by atoms with E-state index < -0.39 is 6.04 Å². The SMILES string of the molecule is CCCCC(NC(=O)c1[nH]c2c(c1C)C(=O)CC(C)(C)C2)C(=O)Nc1ccc(OC)cc1. The number of anilines is 1. The average Bonchev–Trinajstić information content (AvgIpc) is 3.06. The number of Topliss-reactive ketones (excluding diaryl/α,β-unsaturated/α-hetero) is 1.